The van der Waals surface area contributed by atoms with Gasteiger partial charge < -0.3 is 4.74 Å². The summed E-state index contributed by atoms with van der Waals surface area (Å²) in [4.78, 5) is 0. The van der Waals surface area contributed by atoms with Gasteiger partial charge in [0.1, 0.15) is 11.6 Å². The lowest BCUT2D eigenvalue weighted by Crippen LogP contribution is -2.22. The minimum Gasteiger partial charge on any atom is -0.406 e. The highest BCUT2D eigenvalue weighted by Gasteiger charge is 2.33. The van der Waals surface area contributed by atoms with Crippen LogP contribution >= 0.6 is 0 Å². The Morgan fingerprint density at radius 1 is 0.966 bits per heavy atom. The molecule has 0 amide bonds. The van der Waals surface area contributed by atoms with E-state index in [-0.39, 0.29) is 17.5 Å². The Kier molecular flexibility index (Phi) is 5.24. The van der Waals surface area contributed by atoms with Crippen molar-refractivity contribution in [1.82, 2.24) is 0 Å². The number of rotatable bonds is 4. The molecule has 0 unspecified atom stereocenters. The van der Waals surface area contributed by atoms with E-state index >= 15 is 0 Å². The highest BCUT2D eigenvalue weighted by atomic mass is 19.4. The van der Waals surface area contributed by atoms with E-state index in [2.05, 4.69) is 11.7 Å². The molecule has 0 bridgehead atoms. The molecule has 0 heterocycles. The smallest absolute Gasteiger partial charge is 0.406 e. The molecule has 4 rings (SSSR count). The molecule has 152 valence electrons. The number of hydrogen-bond donors (Lipinski definition) is 0. The fraction of sp³-hybridized carbons (Fsp3) is 0.333. The number of fused-ring (bicyclic) bond motifs is 3. The van der Waals surface area contributed by atoms with Crippen LogP contribution in [0, 0.1) is 11.7 Å². The van der Waals surface area contributed by atoms with Crippen LogP contribution in [-0.2, 0) is 6.42 Å². The minimum absolute atomic E-state index is 0.0753. The Bertz CT molecular complexity index is 1010. The number of alkyl halides is 3. The van der Waals surface area contributed by atoms with Crippen LogP contribution in [0.25, 0.3) is 10.8 Å². The van der Waals surface area contributed by atoms with Gasteiger partial charge in [0.15, 0.2) is 0 Å². The van der Waals surface area contributed by atoms with E-state index in [4.69, 9.17) is 0 Å². The molecular weight excluding hydrogens is 380 g/mol. The van der Waals surface area contributed by atoms with Crippen LogP contribution in [0.15, 0.2) is 54.6 Å². The van der Waals surface area contributed by atoms with E-state index in [1.165, 1.54) is 18.2 Å². The molecule has 0 aliphatic heterocycles. The largest absolute Gasteiger partial charge is 0.573 e. The van der Waals surface area contributed by atoms with Gasteiger partial charge in [-0.2, -0.15) is 0 Å². The molecular formula is C24H22F4O. The molecule has 1 nitrogen and oxygen atoms in total. The summed E-state index contributed by atoms with van der Waals surface area (Å²) in [7, 11) is 0. The van der Waals surface area contributed by atoms with Crippen molar-refractivity contribution in [3.63, 3.8) is 0 Å². The molecule has 0 N–H and O–H groups in total. The number of halogens is 4. The van der Waals surface area contributed by atoms with Gasteiger partial charge in [-0.3, -0.25) is 0 Å². The SMILES string of the molecule is CCC[C@@H]1CCc2c(ccc3c(F)cccc23)[C@H]1c1ccc(OC(F)(F)F)cc1. The second-order valence-electron chi connectivity index (χ2n) is 7.65. The number of hydrogen-bond acceptors (Lipinski definition) is 1. The second-order valence-corrected chi connectivity index (χ2v) is 7.65. The highest BCUT2D eigenvalue weighted by molar-refractivity contribution is 5.88. The molecule has 0 aromatic heterocycles. The molecule has 1 aliphatic rings. The second kappa shape index (κ2) is 7.69. The van der Waals surface area contributed by atoms with Crippen molar-refractivity contribution in [2.45, 2.75) is 44.9 Å². The van der Waals surface area contributed by atoms with Crippen molar-refractivity contribution in [2.24, 2.45) is 5.92 Å². The molecule has 5 heteroatoms. The lowest BCUT2D eigenvalue weighted by molar-refractivity contribution is -0.274. The zero-order chi connectivity index (χ0) is 20.6. The minimum atomic E-state index is -4.70. The van der Waals surface area contributed by atoms with Gasteiger partial charge in [-0.1, -0.05) is 49.7 Å². The lowest BCUT2D eigenvalue weighted by atomic mass is 9.69. The summed E-state index contributed by atoms with van der Waals surface area (Å²) in [5.41, 5.74) is 3.27. The summed E-state index contributed by atoms with van der Waals surface area (Å²) >= 11 is 0. The maximum absolute atomic E-state index is 14.2. The van der Waals surface area contributed by atoms with Crippen LogP contribution in [0.3, 0.4) is 0 Å². The first kappa shape index (κ1) is 19.7. The summed E-state index contributed by atoms with van der Waals surface area (Å²) in [6.07, 6.45) is -0.777. The van der Waals surface area contributed by atoms with Gasteiger partial charge in [0, 0.05) is 11.3 Å². The van der Waals surface area contributed by atoms with Crippen LogP contribution in [-0.4, -0.2) is 6.36 Å². The number of aryl methyl sites for hydroxylation is 1. The first-order valence-corrected chi connectivity index (χ1v) is 9.93. The van der Waals surface area contributed by atoms with E-state index < -0.39 is 6.36 Å². The van der Waals surface area contributed by atoms with Gasteiger partial charge in [0.25, 0.3) is 0 Å². The Hall–Kier alpha value is -2.56. The fourth-order valence-corrected chi connectivity index (χ4v) is 4.73. The van der Waals surface area contributed by atoms with Crippen LogP contribution in [0.5, 0.6) is 5.75 Å². The maximum Gasteiger partial charge on any atom is 0.573 e. The summed E-state index contributed by atoms with van der Waals surface area (Å²) < 4.78 is 55.7. The fourth-order valence-electron chi connectivity index (χ4n) is 4.73. The Balaban J connectivity index is 1.78. The molecule has 1 aliphatic carbocycles. The first-order chi connectivity index (χ1) is 13.9. The zero-order valence-electron chi connectivity index (χ0n) is 16.1. The van der Waals surface area contributed by atoms with E-state index in [1.54, 1.807) is 18.2 Å². The van der Waals surface area contributed by atoms with Gasteiger partial charge in [-0.15, -0.1) is 13.2 Å². The molecule has 3 aromatic carbocycles. The van der Waals surface area contributed by atoms with E-state index in [0.717, 1.165) is 47.8 Å². The summed E-state index contributed by atoms with van der Waals surface area (Å²) in [6.45, 7) is 2.14. The maximum atomic E-state index is 14.2. The van der Waals surface area contributed by atoms with Gasteiger partial charge >= 0.3 is 6.36 Å². The van der Waals surface area contributed by atoms with E-state index in [9.17, 15) is 17.6 Å². The normalized spacial score (nSPS) is 19.2. The number of ether oxygens (including phenoxy) is 1. The van der Waals surface area contributed by atoms with E-state index in [0.29, 0.717) is 11.3 Å². The van der Waals surface area contributed by atoms with E-state index in [1.807, 2.05) is 18.2 Å². The molecule has 2 atom stereocenters. The molecule has 0 saturated carbocycles. The Morgan fingerprint density at radius 2 is 1.72 bits per heavy atom. The van der Waals surface area contributed by atoms with Crippen molar-refractivity contribution >= 4 is 10.8 Å². The van der Waals surface area contributed by atoms with Crippen LogP contribution < -0.4 is 4.74 Å². The van der Waals surface area contributed by atoms with Crippen LogP contribution in [0.1, 0.15) is 48.8 Å². The molecule has 0 radical (unpaired) electrons. The topological polar surface area (TPSA) is 9.23 Å². The molecule has 0 spiro atoms. The van der Waals surface area contributed by atoms with Gasteiger partial charge in [-0.05, 0) is 65.5 Å². The third-order valence-electron chi connectivity index (χ3n) is 5.86. The van der Waals surface area contributed by atoms with Crippen molar-refractivity contribution < 1.29 is 22.3 Å². The third kappa shape index (κ3) is 3.96. The van der Waals surface area contributed by atoms with Crippen molar-refractivity contribution in [2.75, 3.05) is 0 Å². The Morgan fingerprint density at radius 3 is 2.41 bits per heavy atom. The highest BCUT2D eigenvalue weighted by Crippen LogP contribution is 2.45. The average molecular weight is 402 g/mol. The molecule has 29 heavy (non-hydrogen) atoms. The van der Waals surface area contributed by atoms with Gasteiger partial charge in [0.2, 0.25) is 0 Å². The first-order valence-electron chi connectivity index (χ1n) is 9.93. The predicted molar refractivity (Wildman–Crippen MR) is 106 cm³/mol. The predicted octanol–water partition coefficient (Wildman–Crippen LogP) is 7.37. The van der Waals surface area contributed by atoms with Crippen molar-refractivity contribution in [3.8, 4) is 5.75 Å². The van der Waals surface area contributed by atoms with Crippen molar-refractivity contribution in [3.05, 3.63) is 77.1 Å². The van der Waals surface area contributed by atoms with Gasteiger partial charge in [0.05, 0.1) is 0 Å². The third-order valence-corrected chi connectivity index (χ3v) is 5.86. The van der Waals surface area contributed by atoms with Crippen LogP contribution in [0.2, 0.25) is 0 Å². The van der Waals surface area contributed by atoms with Crippen LogP contribution in [0.4, 0.5) is 17.6 Å². The van der Waals surface area contributed by atoms with Gasteiger partial charge in [-0.25, -0.2) is 4.39 Å². The molecule has 0 fully saturated rings. The lowest BCUT2D eigenvalue weighted by Gasteiger charge is -2.35. The molecule has 0 saturated heterocycles. The summed E-state index contributed by atoms with van der Waals surface area (Å²) in [6, 6.07) is 15.2. The zero-order valence-corrected chi connectivity index (χ0v) is 16.1. The summed E-state index contributed by atoms with van der Waals surface area (Å²) in [5, 5.41) is 1.55. The summed E-state index contributed by atoms with van der Waals surface area (Å²) in [5.74, 6) is 0.0234. The van der Waals surface area contributed by atoms with Crippen molar-refractivity contribution in [1.29, 1.82) is 0 Å². The number of benzene rings is 3. The quantitative estimate of drug-likeness (QED) is 0.414. The molecule has 3 aromatic rings. The monoisotopic (exact) mass is 402 g/mol. The Labute approximate surface area is 167 Å². The average Bonchev–Trinajstić information content (AvgIpc) is 2.68. The standard InChI is InChI=1S/C24H22F4O/c1-2-4-15-9-12-19-18-5-3-6-22(25)20(18)13-14-21(19)23(15)16-7-10-17(11-8-16)29-24(26,27)28/h3,5-8,10-11,13-15,23H,2,4,9,12H2,1H3/t15-,23-/m1/s1.